The zero-order chi connectivity index (χ0) is 22.3. The number of methoxy groups -OCH3 is 1. The predicted molar refractivity (Wildman–Crippen MR) is 109 cm³/mol. The molecule has 1 atom stereocenters. The Morgan fingerprint density at radius 2 is 1.77 bits per heavy atom. The molecular formula is C22H24F2N2O4. The van der Waals surface area contributed by atoms with Crippen LogP contribution < -0.4 is 20.1 Å². The van der Waals surface area contributed by atoms with Gasteiger partial charge in [-0.25, -0.2) is 8.78 Å². The smallest absolute Gasteiger partial charge is 0.246 e. The van der Waals surface area contributed by atoms with Crippen molar-refractivity contribution in [3.05, 3.63) is 65.2 Å². The zero-order valence-electron chi connectivity index (χ0n) is 17.2. The highest BCUT2D eigenvalue weighted by atomic mass is 19.2. The lowest BCUT2D eigenvalue weighted by atomic mass is 10.1. The number of amides is 2. The average Bonchev–Trinajstić information content (AvgIpc) is 2.72. The number of halogens is 2. The molecule has 2 N–H and O–H groups in total. The van der Waals surface area contributed by atoms with Gasteiger partial charge in [0.25, 0.3) is 0 Å². The summed E-state index contributed by atoms with van der Waals surface area (Å²) in [4.78, 5) is 24.5. The molecule has 0 bridgehead atoms. The Hall–Kier alpha value is -3.42. The fourth-order valence-corrected chi connectivity index (χ4v) is 2.64. The largest absolute Gasteiger partial charge is 0.493 e. The van der Waals surface area contributed by atoms with Gasteiger partial charge in [-0.2, -0.15) is 0 Å². The maximum atomic E-state index is 13.5. The van der Waals surface area contributed by atoms with Gasteiger partial charge in [0.15, 0.2) is 23.1 Å². The third-order valence-electron chi connectivity index (χ3n) is 4.05. The summed E-state index contributed by atoms with van der Waals surface area (Å²) in [6.45, 7) is 3.79. The van der Waals surface area contributed by atoms with E-state index in [1.807, 2.05) is 13.8 Å². The van der Waals surface area contributed by atoms with E-state index in [1.54, 1.807) is 18.2 Å². The van der Waals surface area contributed by atoms with Crippen LogP contribution in [0.5, 0.6) is 11.5 Å². The SMILES string of the molecule is CNC(=O)C(NC(=O)/C=C/c1ccc(OC(C)C)c(OC)c1)c1ccc(F)c(F)c1. The van der Waals surface area contributed by atoms with E-state index < -0.39 is 29.5 Å². The molecule has 8 heteroatoms. The number of rotatable bonds is 8. The first-order valence-corrected chi connectivity index (χ1v) is 9.25. The first kappa shape index (κ1) is 22.9. The number of likely N-dealkylation sites (N-methyl/N-ethyl adjacent to an activating group) is 1. The Balaban J connectivity index is 2.17. The first-order chi connectivity index (χ1) is 14.2. The third-order valence-corrected chi connectivity index (χ3v) is 4.05. The summed E-state index contributed by atoms with van der Waals surface area (Å²) in [5.74, 6) is -2.22. The molecule has 2 rings (SSSR count). The van der Waals surface area contributed by atoms with Crippen molar-refractivity contribution >= 4 is 17.9 Å². The number of carbonyl (C=O) groups is 2. The number of ether oxygens (including phenoxy) is 2. The topological polar surface area (TPSA) is 76.7 Å². The van der Waals surface area contributed by atoms with E-state index in [0.29, 0.717) is 17.1 Å². The molecular weight excluding hydrogens is 394 g/mol. The van der Waals surface area contributed by atoms with Gasteiger partial charge in [-0.05, 0) is 55.3 Å². The van der Waals surface area contributed by atoms with Crippen molar-refractivity contribution in [2.24, 2.45) is 0 Å². The predicted octanol–water partition coefficient (Wildman–Crippen LogP) is 3.38. The summed E-state index contributed by atoms with van der Waals surface area (Å²) in [6, 6.07) is 7.00. The van der Waals surface area contributed by atoms with Gasteiger partial charge in [-0.1, -0.05) is 12.1 Å². The Labute approximate surface area is 173 Å². The molecule has 0 aliphatic carbocycles. The van der Waals surface area contributed by atoms with Gasteiger partial charge < -0.3 is 20.1 Å². The summed E-state index contributed by atoms with van der Waals surface area (Å²) in [7, 11) is 2.89. The number of benzene rings is 2. The van der Waals surface area contributed by atoms with Crippen LogP contribution in [0.25, 0.3) is 6.08 Å². The second kappa shape index (κ2) is 10.4. The Kier molecular flexibility index (Phi) is 7.91. The van der Waals surface area contributed by atoms with Crippen LogP contribution >= 0.6 is 0 Å². The van der Waals surface area contributed by atoms with Crippen LogP contribution in [0.4, 0.5) is 8.78 Å². The van der Waals surface area contributed by atoms with E-state index >= 15 is 0 Å². The van der Waals surface area contributed by atoms with Crippen LogP contribution in [-0.2, 0) is 9.59 Å². The minimum Gasteiger partial charge on any atom is -0.493 e. The Morgan fingerprint density at radius 3 is 2.37 bits per heavy atom. The Bertz CT molecular complexity index is 945. The second-order valence-electron chi connectivity index (χ2n) is 6.64. The van der Waals surface area contributed by atoms with Crippen molar-refractivity contribution in [3.63, 3.8) is 0 Å². The molecule has 0 radical (unpaired) electrons. The summed E-state index contributed by atoms with van der Waals surface area (Å²) in [5, 5.41) is 4.87. The van der Waals surface area contributed by atoms with Crippen LogP contribution in [0.15, 0.2) is 42.5 Å². The van der Waals surface area contributed by atoms with E-state index in [9.17, 15) is 18.4 Å². The fraction of sp³-hybridized carbons (Fsp3) is 0.273. The van der Waals surface area contributed by atoms with Crippen LogP contribution in [0.3, 0.4) is 0 Å². The number of carbonyl (C=O) groups excluding carboxylic acids is 2. The van der Waals surface area contributed by atoms with E-state index in [-0.39, 0.29) is 11.7 Å². The summed E-state index contributed by atoms with van der Waals surface area (Å²) >= 11 is 0. The molecule has 0 fully saturated rings. The van der Waals surface area contributed by atoms with Crippen molar-refractivity contribution in [2.75, 3.05) is 14.2 Å². The van der Waals surface area contributed by atoms with Crippen molar-refractivity contribution in [1.29, 1.82) is 0 Å². The monoisotopic (exact) mass is 418 g/mol. The normalized spacial score (nSPS) is 12.0. The third kappa shape index (κ3) is 6.04. The van der Waals surface area contributed by atoms with Crippen molar-refractivity contribution in [2.45, 2.75) is 26.0 Å². The molecule has 0 aliphatic rings. The highest BCUT2D eigenvalue weighted by molar-refractivity contribution is 5.96. The first-order valence-electron chi connectivity index (χ1n) is 9.25. The van der Waals surface area contributed by atoms with Crippen molar-refractivity contribution in [3.8, 4) is 11.5 Å². The number of hydrogen-bond donors (Lipinski definition) is 2. The van der Waals surface area contributed by atoms with Gasteiger partial charge in [-0.15, -0.1) is 0 Å². The maximum Gasteiger partial charge on any atom is 0.246 e. The summed E-state index contributed by atoms with van der Waals surface area (Å²) in [5.41, 5.74) is 0.786. The minimum absolute atomic E-state index is 0.0241. The number of nitrogens with one attached hydrogen (secondary N) is 2. The van der Waals surface area contributed by atoms with Gasteiger partial charge in [0.2, 0.25) is 11.8 Å². The second-order valence-corrected chi connectivity index (χ2v) is 6.64. The summed E-state index contributed by atoms with van der Waals surface area (Å²) in [6.07, 6.45) is 2.74. The van der Waals surface area contributed by atoms with E-state index in [0.717, 1.165) is 12.1 Å². The van der Waals surface area contributed by atoms with Gasteiger partial charge in [0.1, 0.15) is 6.04 Å². The highest BCUT2D eigenvalue weighted by Crippen LogP contribution is 2.29. The lowest BCUT2D eigenvalue weighted by molar-refractivity contribution is -0.126. The van der Waals surface area contributed by atoms with Crippen molar-refractivity contribution in [1.82, 2.24) is 10.6 Å². The van der Waals surface area contributed by atoms with Crippen LogP contribution in [0, 0.1) is 11.6 Å². The molecule has 6 nitrogen and oxygen atoms in total. The van der Waals surface area contributed by atoms with Crippen LogP contribution in [0.2, 0.25) is 0 Å². The Morgan fingerprint density at radius 1 is 1.03 bits per heavy atom. The van der Waals surface area contributed by atoms with Gasteiger partial charge >= 0.3 is 0 Å². The van der Waals surface area contributed by atoms with Crippen LogP contribution in [-0.4, -0.2) is 32.1 Å². The molecule has 0 spiro atoms. The summed E-state index contributed by atoms with van der Waals surface area (Å²) < 4.78 is 37.7. The molecule has 30 heavy (non-hydrogen) atoms. The number of hydrogen-bond acceptors (Lipinski definition) is 4. The van der Waals surface area contributed by atoms with Crippen molar-refractivity contribution < 1.29 is 27.8 Å². The zero-order valence-corrected chi connectivity index (χ0v) is 17.2. The van der Waals surface area contributed by atoms with E-state index in [2.05, 4.69) is 10.6 Å². The lowest BCUT2D eigenvalue weighted by Gasteiger charge is -2.17. The molecule has 160 valence electrons. The lowest BCUT2D eigenvalue weighted by Crippen LogP contribution is -2.38. The molecule has 0 aliphatic heterocycles. The van der Waals surface area contributed by atoms with E-state index in [1.165, 1.54) is 32.4 Å². The molecule has 2 aromatic rings. The highest BCUT2D eigenvalue weighted by Gasteiger charge is 2.22. The molecule has 0 aromatic heterocycles. The minimum atomic E-state index is -1.18. The molecule has 2 amide bonds. The quantitative estimate of drug-likeness (QED) is 0.645. The van der Waals surface area contributed by atoms with Gasteiger partial charge in [0.05, 0.1) is 13.2 Å². The maximum absolute atomic E-state index is 13.5. The fourth-order valence-electron chi connectivity index (χ4n) is 2.64. The average molecular weight is 418 g/mol. The molecule has 2 aromatic carbocycles. The van der Waals surface area contributed by atoms with Gasteiger partial charge in [0, 0.05) is 13.1 Å². The molecule has 1 unspecified atom stereocenters. The molecule has 0 saturated heterocycles. The molecule has 0 heterocycles. The van der Waals surface area contributed by atoms with E-state index in [4.69, 9.17) is 9.47 Å². The molecule has 0 saturated carbocycles. The standard InChI is InChI=1S/C22H24F2N2O4/c1-13(2)30-18-9-5-14(11-19(18)29-4)6-10-20(27)26-21(22(28)25-3)15-7-8-16(23)17(24)12-15/h5-13,21H,1-4H3,(H,25,28)(H,26,27)/b10-6+. The van der Waals surface area contributed by atoms with Gasteiger partial charge in [-0.3, -0.25) is 9.59 Å². The van der Waals surface area contributed by atoms with Crippen LogP contribution in [0.1, 0.15) is 31.0 Å².